The molecule has 0 bridgehead atoms. The van der Waals surface area contributed by atoms with Crippen molar-refractivity contribution in [2.24, 2.45) is 0 Å². The molecule has 0 saturated heterocycles. The fourth-order valence-electron chi connectivity index (χ4n) is 1.75. The van der Waals surface area contributed by atoms with Crippen LogP contribution in [0.15, 0.2) is 36.5 Å². The van der Waals surface area contributed by atoms with E-state index in [1.165, 1.54) is 12.1 Å². The van der Waals surface area contributed by atoms with Gasteiger partial charge in [-0.15, -0.1) is 0 Å². The fourth-order valence-corrected chi connectivity index (χ4v) is 1.75. The minimum atomic E-state index is -0.595. The van der Waals surface area contributed by atoms with Crippen molar-refractivity contribution < 1.29 is 13.9 Å². The van der Waals surface area contributed by atoms with Crippen LogP contribution in [0.3, 0.4) is 0 Å². The highest BCUT2D eigenvalue weighted by Gasteiger charge is 2.09. The number of benzene rings is 1. The normalized spacial score (nSPS) is 9.86. The summed E-state index contributed by atoms with van der Waals surface area (Å²) in [7, 11) is 0. The maximum atomic E-state index is 13.4. The van der Waals surface area contributed by atoms with Crippen molar-refractivity contribution in [1.82, 2.24) is 4.98 Å². The van der Waals surface area contributed by atoms with Crippen LogP contribution < -0.4 is 5.32 Å². The summed E-state index contributed by atoms with van der Waals surface area (Å²) in [5.74, 6) is -0.607. The van der Waals surface area contributed by atoms with Gasteiger partial charge in [0.1, 0.15) is 24.3 Å². The van der Waals surface area contributed by atoms with Crippen LogP contribution in [-0.4, -0.2) is 24.1 Å². The molecule has 112 valence electrons. The highest BCUT2D eigenvalue weighted by molar-refractivity contribution is 5.89. The Morgan fingerprint density at radius 2 is 2.27 bits per heavy atom. The van der Waals surface area contributed by atoms with Crippen molar-refractivity contribution >= 4 is 11.8 Å². The number of carbonyl (C=O) groups is 1. The van der Waals surface area contributed by atoms with Crippen molar-refractivity contribution in [1.29, 1.82) is 5.26 Å². The number of aromatic nitrogens is 1. The molecule has 1 aromatic carbocycles. The van der Waals surface area contributed by atoms with Crippen LogP contribution >= 0.6 is 0 Å². The van der Waals surface area contributed by atoms with Crippen LogP contribution in [0.2, 0.25) is 0 Å². The number of aryl methyl sites for hydroxylation is 1. The van der Waals surface area contributed by atoms with E-state index >= 15 is 0 Å². The molecule has 0 aliphatic rings. The number of nitrogens with one attached hydrogen (secondary N) is 1. The quantitative estimate of drug-likeness (QED) is 0.678. The van der Waals surface area contributed by atoms with Gasteiger partial charge >= 0.3 is 5.97 Å². The molecule has 1 heterocycles. The van der Waals surface area contributed by atoms with Gasteiger partial charge in [0.15, 0.2) is 0 Å². The molecule has 1 N–H and O–H groups in total. The lowest BCUT2D eigenvalue weighted by atomic mass is 10.1. The van der Waals surface area contributed by atoms with Crippen LogP contribution in [0.1, 0.15) is 21.5 Å². The van der Waals surface area contributed by atoms with Gasteiger partial charge in [-0.05, 0) is 36.8 Å². The predicted molar refractivity (Wildman–Crippen MR) is 78.9 cm³/mol. The summed E-state index contributed by atoms with van der Waals surface area (Å²) in [6, 6.07) is 9.50. The van der Waals surface area contributed by atoms with Gasteiger partial charge in [-0.3, -0.25) is 0 Å². The Kier molecular flexibility index (Phi) is 5.04. The third-order valence-corrected chi connectivity index (χ3v) is 2.96. The molecule has 0 unspecified atom stereocenters. The lowest BCUT2D eigenvalue weighted by Gasteiger charge is -2.08. The first-order chi connectivity index (χ1) is 10.6. The molecule has 2 rings (SSSR count). The average Bonchev–Trinajstić information content (AvgIpc) is 2.54. The lowest BCUT2D eigenvalue weighted by molar-refractivity contribution is 0.0520. The molecular formula is C16H14FN3O2. The van der Waals surface area contributed by atoms with E-state index in [4.69, 9.17) is 10.00 Å². The minimum Gasteiger partial charge on any atom is -0.460 e. The number of nitriles is 1. The maximum absolute atomic E-state index is 13.4. The number of ether oxygens (including phenoxy) is 1. The van der Waals surface area contributed by atoms with Crippen LogP contribution in [-0.2, 0) is 4.74 Å². The van der Waals surface area contributed by atoms with Gasteiger partial charge in [-0.25, -0.2) is 14.2 Å². The smallest absolute Gasteiger partial charge is 0.338 e. The van der Waals surface area contributed by atoms with E-state index in [1.54, 1.807) is 25.3 Å². The van der Waals surface area contributed by atoms with Crippen LogP contribution in [0, 0.1) is 24.1 Å². The zero-order valence-electron chi connectivity index (χ0n) is 12.0. The Balaban J connectivity index is 1.85. The maximum Gasteiger partial charge on any atom is 0.338 e. The SMILES string of the molecule is Cc1ccc(C(=O)OCCNc2ncccc2C#N)cc1F. The van der Waals surface area contributed by atoms with Crippen molar-refractivity contribution in [2.45, 2.75) is 6.92 Å². The molecule has 0 aliphatic carbocycles. The summed E-state index contributed by atoms with van der Waals surface area (Å²) in [5, 5.41) is 11.8. The number of esters is 1. The Morgan fingerprint density at radius 1 is 1.45 bits per heavy atom. The molecule has 6 heteroatoms. The summed E-state index contributed by atoms with van der Waals surface area (Å²) in [6.45, 7) is 2.00. The summed E-state index contributed by atoms with van der Waals surface area (Å²) < 4.78 is 18.4. The number of hydrogen-bond acceptors (Lipinski definition) is 5. The molecule has 0 saturated carbocycles. The number of anilines is 1. The van der Waals surface area contributed by atoms with Gasteiger partial charge in [0.05, 0.1) is 17.7 Å². The number of carbonyl (C=O) groups excluding carboxylic acids is 1. The second kappa shape index (κ2) is 7.18. The van der Waals surface area contributed by atoms with E-state index in [9.17, 15) is 9.18 Å². The Hall–Kier alpha value is -2.94. The van der Waals surface area contributed by atoms with Crippen LogP contribution in [0.5, 0.6) is 0 Å². The van der Waals surface area contributed by atoms with Gasteiger partial charge < -0.3 is 10.1 Å². The predicted octanol–water partition coefficient (Wildman–Crippen LogP) is 2.67. The monoisotopic (exact) mass is 299 g/mol. The third kappa shape index (κ3) is 3.79. The highest BCUT2D eigenvalue weighted by atomic mass is 19.1. The van der Waals surface area contributed by atoms with E-state index in [0.717, 1.165) is 6.07 Å². The zero-order valence-corrected chi connectivity index (χ0v) is 12.0. The number of hydrogen-bond donors (Lipinski definition) is 1. The molecule has 5 nitrogen and oxygen atoms in total. The van der Waals surface area contributed by atoms with E-state index < -0.39 is 11.8 Å². The minimum absolute atomic E-state index is 0.0791. The van der Waals surface area contributed by atoms with E-state index in [-0.39, 0.29) is 12.2 Å². The van der Waals surface area contributed by atoms with E-state index in [1.807, 2.05) is 6.07 Å². The Bertz CT molecular complexity index is 726. The third-order valence-electron chi connectivity index (χ3n) is 2.96. The highest BCUT2D eigenvalue weighted by Crippen LogP contribution is 2.11. The van der Waals surface area contributed by atoms with E-state index in [2.05, 4.69) is 10.3 Å². The molecule has 0 atom stereocenters. The molecule has 0 spiro atoms. The van der Waals surface area contributed by atoms with Crippen molar-refractivity contribution in [3.05, 3.63) is 59.0 Å². The van der Waals surface area contributed by atoms with E-state index in [0.29, 0.717) is 23.5 Å². The molecule has 22 heavy (non-hydrogen) atoms. The second-order valence-electron chi connectivity index (χ2n) is 4.54. The van der Waals surface area contributed by atoms with Gasteiger partial charge in [-0.2, -0.15) is 5.26 Å². The standard InChI is InChI=1S/C16H14FN3O2/c1-11-4-5-12(9-14(11)17)16(21)22-8-7-20-15-13(10-18)3-2-6-19-15/h2-6,9H,7-8H2,1H3,(H,19,20). The molecule has 0 aliphatic heterocycles. The number of rotatable bonds is 5. The van der Waals surface area contributed by atoms with Gasteiger partial charge in [0, 0.05) is 6.20 Å². The lowest BCUT2D eigenvalue weighted by Crippen LogP contribution is -2.15. The zero-order chi connectivity index (χ0) is 15.9. The Labute approximate surface area is 127 Å². The Morgan fingerprint density at radius 3 is 3.00 bits per heavy atom. The van der Waals surface area contributed by atoms with Crippen molar-refractivity contribution in [2.75, 3.05) is 18.5 Å². The second-order valence-corrected chi connectivity index (χ2v) is 4.54. The first kappa shape index (κ1) is 15.4. The van der Waals surface area contributed by atoms with Crippen molar-refractivity contribution in [3.8, 4) is 6.07 Å². The summed E-state index contributed by atoms with van der Waals surface area (Å²) in [4.78, 5) is 15.8. The summed E-state index contributed by atoms with van der Waals surface area (Å²) in [6.07, 6.45) is 1.56. The molecule has 0 fully saturated rings. The molecule has 1 aromatic heterocycles. The number of pyridine rings is 1. The van der Waals surface area contributed by atoms with Gasteiger partial charge in [0.2, 0.25) is 0 Å². The fraction of sp³-hybridized carbons (Fsp3) is 0.188. The molecule has 2 aromatic rings. The average molecular weight is 299 g/mol. The first-order valence-corrected chi connectivity index (χ1v) is 6.64. The largest absolute Gasteiger partial charge is 0.460 e. The van der Waals surface area contributed by atoms with Gasteiger partial charge in [0.25, 0.3) is 0 Å². The van der Waals surface area contributed by atoms with Crippen LogP contribution in [0.25, 0.3) is 0 Å². The number of halogens is 1. The summed E-state index contributed by atoms with van der Waals surface area (Å²) >= 11 is 0. The summed E-state index contributed by atoms with van der Waals surface area (Å²) in [5.41, 5.74) is 1.05. The van der Waals surface area contributed by atoms with Gasteiger partial charge in [-0.1, -0.05) is 6.07 Å². The molecule has 0 radical (unpaired) electrons. The first-order valence-electron chi connectivity index (χ1n) is 6.64. The topological polar surface area (TPSA) is 75.0 Å². The van der Waals surface area contributed by atoms with Crippen molar-refractivity contribution in [3.63, 3.8) is 0 Å². The molecule has 0 amide bonds. The number of nitrogens with zero attached hydrogens (tertiary/aromatic N) is 2. The van der Waals surface area contributed by atoms with Crippen LogP contribution in [0.4, 0.5) is 10.2 Å². The molecular weight excluding hydrogens is 285 g/mol.